The van der Waals surface area contributed by atoms with Crippen LogP contribution in [0.2, 0.25) is 0 Å². The number of hydrogen-bond donors (Lipinski definition) is 0. The van der Waals surface area contributed by atoms with E-state index in [1.54, 1.807) is 24.7 Å². The van der Waals surface area contributed by atoms with Gasteiger partial charge in [0.1, 0.15) is 0 Å². The predicted molar refractivity (Wildman–Crippen MR) is 248 cm³/mol. The largest absolute Gasteiger partial charge is 0.309 e. The molecule has 7 heteroatoms. The van der Waals surface area contributed by atoms with Crippen LogP contribution in [0.5, 0.6) is 0 Å². The molecule has 12 rings (SSSR count). The second kappa shape index (κ2) is 13.6. The summed E-state index contributed by atoms with van der Waals surface area (Å²) in [5.74, 6) is 0. The number of aromatic nitrogens is 5. The van der Waals surface area contributed by atoms with Gasteiger partial charge in [0.2, 0.25) is 0 Å². The van der Waals surface area contributed by atoms with Crippen LogP contribution in [-0.4, -0.2) is 23.7 Å². The normalized spacial score (nSPS) is 11.7. The molecule has 0 aliphatic rings. The van der Waals surface area contributed by atoms with E-state index in [0.717, 1.165) is 71.7 Å². The van der Waals surface area contributed by atoms with Gasteiger partial charge in [-0.05, 0) is 95.4 Å². The van der Waals surface area contributed by atoms with Gasteiger partial charge in [0, 0.05) is 61.6 Å². The average Bonchev–Trinajstić information content (AvgIpc) is 3.82. The van der Waals surface area contributed by atoms with E-state index in [1.807, 2.05) is 78.9 Å². The van der Waals surface area contributed by atoms with Crippen LogP contribution < -0.4 is 11.1 Å². The molecule has 7 nitrogen and oxygen atoms in total. The van der Waals surface area contributed by atoms with Crippen molar-refractivity contribution in [1.29, 1.82) is 0 Å². The molecule has 0 aliphatic heterocycles. The third-order valence-electron chi connectivity index (χ3n) is 12.0. The lowest BCUT2D eigenvalue weighted by atomic mass is 9.98. The lowest BCUT2D eigenvalue weighted by Gasteiger charge is -2.11. The van der Waals surface area contributed by atoms with Gasteiger partial charge >= 0.3 is 0 Å². The molecule has 0 N–H and O–H groups in total. The van der Waals surface area contributed by atoms with Gasteiger partial charge in [-0.1, -0.05) is 103 Å². The summed E-state index contributed by atoms with van der Waals surface area (Å²) in [5, 5.41) is 6.58. The van der Waals surface area contributed by atoms with Gasteiger partial charge in [-0.3, -0.25) is 19.6 Å². The summed E-state index contributed by atoms with van der Waals surface area (Å²) in [4.78, 5) is 39.5. The van der Waals surface area contributed by atoms with Crippen LogP contribution in [0, 0.1) is 0 Å². The zero-order valence-corrected chi connectivity index (χ0v) is 32.6. The summed E-state index contributed by atoms with van der Waals surface area (Å²) in [6.07, 6.45) is 5.05. The van der Waals surface area contributed by atoms with Gasteiger partial charge in [-0.25, -0.2) is 4.57 Å². The molecule has 0 amide bonds. The minimum atomic E-state index is -0.427. The molecule has 7 aromatic carbocycles. The van der Waals surface area contributed by atoms with Crippen molar-refractivity contribution >= 4 is 65.2 Å². The summed E-state index contributed by atoms with van der Waals surface area (Å²) < 4.78 is 5.79. The maximum Gasteiger partial charge on any atom is 0.266 e. The van der Waals surface area contributed by atoms with E-state index < -0.39 is 11.1 Å². The van der Waals surface area contributed by atoms with Crippen molar-refractivity contribution in [3.05, 3.63) is 221 Å². The van der Waals surface area contributed by atoms with E-state index in [9.17, 15) is 0 Å². The second-order valence-corrected chi connectivity index (χ2v) is 15.3. The molecule has 0 aliphatic carbocycles. The number of fused-ring (bicyclic) bond motifs is 10. The first-order chi connectivity index (χ1) is 30.1. The summed E-state index contributed by atoms with van der Waals surface area (Å²) in [7, 11) is 0. The van der Waals surface area contributed by atoms with Gasteiger partial charge in [0.25, 0.3) is 11.1 Å². The Balaban J connectivity index is 1.19. The van der Waals surface area contributed by atoms with Gasteiger partial charge in [-0.2, -0.15) is 0 Å². The summed E-state index contributed by atoms with van der Waals surface area (Å²) in [6.45, 7) is 0. The minimum Gasteiger partial charge on any atom is -0.309 e. The molecule has 5 aromatic heterocycles. The molecule has 0 unspecified atom stereocenters. The molecule has 0 fully saturated rings. The third kappa shape index (κ3) is 5.31. The van der Waals surface area contributed by atoms with Crippen LogP contribution in [-0.2, 0) is 0 Å². The highest BCUT2D eigenvalue weighted by molar-refractivity contribution is 6.25. The van der Waals surface area contributed by atoms with Crippen molar-refractivity contribution in [1.82, 2.24) is 23.7 Å². The lowest BCUT2D eigenvalue weighted by molar-refractivity contribution is 0.965. The Morgan fingerprint density at radius 2 is 0.951 bits per heavy atom. The first-order valence-corrected chi connectivity index (χ1v) is 20.2. The molecule has 12 aromatic rings. The molecule has 61 heavy (non-hydrogen) atoms. The predicted octanol–water partition coefficient (Wildman–Crippen LogP) is 11.8. The molecule has 0 radical (unpaired) electrons. The molecule has 5 heterocycles. The Kier molecular flexibility index (Phi) is 7.70. The van der Waals surface area contributed by atoms with Crippen molar-refractivity contribution in [2.75, 3.05) is 0 Å². The highest BCUT2D eigenvalue weighted by Gasteiger charge is 2.21. The van der Waals surface area contributed by atoms with Crippen molar-refractivity contribution in [3.63, 3.8) is 0 Å². The highest BCUT2D eigenvalue weighted by Crippen LogP contribution is 2.40. The summed E-state index contributed by atoms with van der Waals surface area (Å²) >= 11 is 0. The maximum absolute atomic E-state index is 15.3. The molecule has 0 saturated heterocycles. The maximum atomic E-state index is 15.3. The zero-order chi connectivity index (χ0) is 40.6. The van der Waals surface area contributed by atoms with Crippen LogP contribution in [0.3, 0.4) is 0 Å². The molecular weight excluding hydrogens is 751 g/mol. The first-order valence-electron chi connectivity index (χ1n) is 20.2. The van der Waals surface area contributed by atoms with E-state index in [-0.39, 0.29) is 0 Å². The first kappa shape index (κ1) is 34.6. The Hall–Kier alpha value is -8.42. The Morgan fingerprint density at radius 1 is 0.361 bits per heavy atom. The van der Waals surface area contributed by atoms with E-state index in [1.165, 1.54) is 4.57 Å². The molecule has 0 saturated carbocycles. The topological polar surface area (TPSA) is 74.7 Å². The smallest absolute Gasteiger partial charge is 0.266 e. The SMILES string of the molecule is O=c1c2cc(-c3ccc4c5ccccc5n(-c5ccccc5)c4c3)ccc2c2c(ccc3c4ccccc4n(-c4ccccc4)c32)c(=O)n1-c1ccc(-c2cccnc2)nc1. The number of hydrogen-bond acceptors (Lipinski definition) is 4. The molecule has 0 bridgehead atoms. The molecular formula is C54H33N5O2. The molecule has 0 atom stereocenters. The standard InChI is InChI=1S/C54H33N5O2/c60-53-45-27-26-44-41-18-8-10-20-49(41)58(38-15-5-2-6-16-38)52(44)51(45)43-25-22-34(30-46(43)54(61)59(53)39-23-28-47(56-33-39)36-12-11-29-55-32-36)35-21-24-42-40-17-7-9-19-48(40)57(50(42)31-35)37-13-3-1-4-14-37/h1-33H. The van der Waals surface area contributed by atoms with Crippen LogP contribution in [0.1, 0.15) is 0 Å². The monoisotopic (exact) mass is 783 g/mol. The number of rotatable bonds is 5. The highest BCUT2D eigenvalue weighted by atomic mass is 16.2. The van der Waals surface area contributed by atoms with Gasteiger partial charge in [0.15, 0.2) is 0 Å². The van der Waals surface area contributed by atoms with Crippen LogP contribution in [0.15, 0.2) is 210 Å². The fraction of sp³-hybridized carbons (Fsp3) is 0. The van der Waals surface area contributed by atoms with Crippen molar-refractivity contribution in [2.24, 2.45) is 0 Å². The number of nitrogens with zero attached hydrogens (tertiary/aromatic N) is 5. The van der Waals surface area contributed by atoms with Gasteiger partial charge in [-0.15, -0.1) is 0 Å². The summed E-state index contributed by atoms with van der Waals surface area (Å²) in [6, 6.07) is 61.1. The van der Waals surface area contributed by atoms with Crippen LogP contribution >= 0.6 is 0 Å². The van der Waals surface area contributed by atoms with Crippen molar-refractivity contribution < 1.29 is 0 Å². The lowest BCUT2D eigenvalue weighted by Crippen LogP contribution is -2.28. The number of pyridine rings is 2. The Bertz CT molecular complexity index is 3840. The van der Waals surface area contributed by atoms with Gasteiger partial charge < -0.3 is 9.13 Å². The molecule has 286 valence electrons. The quantitative estimate of drug-likeness (QED) is 0.174. The Labute approximate surface area is 348 Å². The van der Waals surface area contributed by atoms with Crippen molar-refractivity contribution in [3.8, 4) is 39.4 Å². The van der Waals surface area contributed by atoms with Gasteiger partial charge in [0.05, 0.1) is 45.0 Å². The van der Waals surface area contributed by atoms with E-state index >= 15 is 9.59 Å². The van der Waals surface area contributed by atoms with Crippen molar-refractivity contribution in [2.45, 2.75) is 0 Å². The zero-order valence-electron chi connectivity index (χ0n) is 32.6. The fourth-order valence-corrected chi connectivity index (χ4v) is 9.25. The van der Waals surface area contributed by atoms with E-state index in [4.69, 9.17) is 4.98 Å². The molecule has 0 spiro atoms. The summed E-state index contributed by atoms with van der Waals surface area (Å²) in [5.41, 5.74) is 8.92. The van der Waals surface area contributed by atoms with E-state index in [0.29, 0.717) is 32.9 Å². The number of para-hydroxylation sites is 4. The minimum absolute atomic E-state index is 0.379. The van der Waals surface area contributed by atoms with Crippen LogP contribution in [0.4, 0.5) is 0 Å². The second-order valence-electron chi connectivity index (χ2n) is 15.3. The Morgan fingerprint density at radius 3 is 1.66 bits per heavy atom. The average molecular weight is 784 g/mol. The number of benzene rings is 7. The van der Waals surface area contributed by atoms with E-state index in [2.05, 4.69) is 111 Å². The van der Waals surface area contributed by atoms with Crippen LogP contribution in [0.25, 0.3) is 105 Å². The fourth-order valence-electron chi connectivity index (χ4n) is 9.25. The third-order valence-corrected chi connectivity index (χ3v) is 12.0.